The summed E-state index contributed by atoms with van der Waals surface area (Å²) in [6.45, 7) is 5.72. The molecule has 1 aliphatic heterocycles. The number of piperazine rings is 1. The minimum atomic E-state index is -0.448. The van der Waals surface area contributed by atoms with Crippen molar-refractivity contribution in [3.05, 3.63) is 89.8 Å². The van der Waals surface area contributed by atoms with Gasteiger partial charge in [-0.25, -0.2) is 8.78 Å². The van der Waals surface area contributed by atoms with Crippen LogP contribution in [0.3, 0.4) is 0 Å². The van der Waals surface area contributed by atoms with Gasteiger partial charge in [0.25, 0.3) is 0 Å². The molecule has 1 aliphatic rings. The largest absolute Gasteiger partial charge is 0.297 e. The van der Waals surface area contributed by atoms with Crippen LogP contribution in [0.5, 0.6) is 0 Å². The van der Waals surface area contributed by atoms with Crippen molar-refractivity contribution in [2.45, 2.75) is 13.1 Å². The van der Waals surface area contributed by atoms with Gasteiger partial charge in [0.1, 0.15) is 11.6 Å². The Morgan fingerprint density at radius 2 is 1.43 bits per heavy atom. The normalized spacial score (nSPS) is 15.6. The van der Waals surface area contributed by atoms with Crippen LogP contribution in [0.2, 0.25) is 0 Å². The summed E-state index contributed by atoms with van der Waals surface area (Å²) in [4.78, 5) is 9.08. The van der Waals surface area contributed by atoms with E-state index in [9.17, 15) is 8.78 Å². The molecule has 0 unspecified atom stereocenters. The van der Waals surface area contributed by atoms with Crippen LogP contribution in [-0.2, 0) is 13.1 Å². The first-order valence-corrected chi connectivity index (χ1v) is 9.55. The molecule has 0 spiro atoms. The number of benzene rings is 2. The van der Waals surface area contributed by atoms with E-state index in [0.29, 0.717) is 5.56 Å². The first kappa shape index (κ1) is 18.7. The fourth-order valence-electron chi connectivity index (χ4n) is 3.65. The monoisotopic (exact) mass is 379 g/mol. The fourth-order valence-corrected chi connectivity index (χ4v) is 3.65. The Balaban J connectivity index is 1.37. The van der Waals surface area contributed by atoms with Crippen molar-refractivity contribution in [1.29, 1.82) is 0 Å². The molecule has 0 radical (unpaired) electrons. The Morgan fingerprint density at radius 1 is 0.750 bits per heavy atom. The Hall–Kier alpha value is -2.63. The summed E-state index contributed by atoms with van der Waals surface area (Å²) in [5.41, 5.74) is 3.21. The van der Waals surface area contributed by atoms with E-state index in [1.54, 1.807) is 12.4 Å². The van der Waals surface area contributed by atoms with E-state index >= 15 is 0 Å². The van der Waals surface area contributed by atoms with Crippen molar-refractivity contribution >= 4 is 0 Å². The zero-order valence-corrected chi connectivity index (χ0v) is 15.7. The third-order valence-corrected chi connectivity index (χ3v) is 5.15. The van der Waals surface area contributed by atoms with E-state index < -0.39 is 11.6 Å². The molecule has 3 nitrogen and oxygen atoms in total. The van der Waals surface area contributed by atoms with Crippen LogP contribution in [0.15, 0.2) is 67.0 Å². The molecule has 0 aliphatic carbocycles. The average Bonchev–Trinajstić information content (AvgIpc) is 2.72. The Kier molecular flexibility index (Phi) is 5.74. The average molecular weight is 379 g/mol. The Bertz CT molecular complexity index is 922. The quantitative estimate of drug-likeness (QED) is 0.657. The molecule has 2 heterocycles. The van der Waals surface area contributed by atoms with Gasteiger partial charge >= 0.3 is 0 Å². The predicted octanol–water partition coefficient (Wildman–Crippen LogP) is 4.34. The molecule has 0 atom stereocenters. The second-order valence-corrected chi connectivity index (χ2v) is 7.24. The van der Waals surface area contributed by atoms with Crippen molar-refractivity contribution in [2.24, 2.45) is 0 Å². The molecule has 1 fully saturated rings. The lowest BCUT2D eigenvalue weighted by molar-refractivity contribution is 0.122. The van der Waals surface area contributed by atoms with E-state index in [0.717, 1.165) is 57.0 Å². The lowest BCUT2D eigenvalue weighted by Gasteiger charge is -2.34. The summed E-state index contributed by atoms with van der Waals surface area (Å²) in [6.07, 6.45) is 3.39. The van der Waals surface area contributed by atoms with E-state index in [-0.39, 0.29) is 5.56 Å². The Labute approximate surface area is 164 Å². The highest BCUT2D eigenvalue weighted by molar-refractivity contribution is 5.63. The molecule has 3 aromatic rings. The number of hydrogen-bond acceptors (Lipinski definition) is 3. The number of halogens is 2. The van der Waals surface area contributed by atoms with Gasteiger partial charge in [0, 0.05) is 62.8 Å². The van der Waals surface area contributed by atoms with Gasteiger partial charge in [0.15, 0.2) is 0 Å². The number of rotatable bonds is 5. The second-order valence-electron chi connectivity index (χ2n) is 7.24. The smallest absolute Gasteiger partial charge is 0.131 e. The third kappa shape index (κ3) is 4.61. The minimum absolute atomic E-state index is 0.252. The van der Waals surface area contributed by atoms with Crippen LogP contribution in [0.25, 0.3) is 11.1 Å². The molecule has 1 saturated heterocycles. The molecule has 1 aromatic heterocycles. The highest BCUT2D eigenvalue weighted by Gasteiger charge is 2.17. The zero-order valence-electron chi connectivity index (χ0n) is 15.7. The fraction of sp³-hybridized carbons (Fsp3) is 0.261. The summed E-state index contributed by atoms with van der Waals surface area (Å²) in [6, 6.07) is 15.9. The van der Waals surface area contributed by atoms with Crippen LogP contribution in [0.4, 0.5) is 8.78 Å². The molecule has 144 valence electrons. The van der Waals surface area contributed by atoms with E-state index in [1.807, 2.05) is 12.1 Å². The number of aromatic nitrogens is 1. The number of nitrogens with zero attached hydrogens (tertiary/aromatic N) is 3. The molecule has 28 heavy (non-hydrogen) atoms. The third-order valence-electron chi connectivity index (χ3n) is 5.15. The van der Waals surface area contributed by atoms with Gasteiger partial charge in [0.2, 0.25) is 0 Å². The van der Waals surface area contributed by atoms with Crippen molar-refractivity contribution < 1.29 is 8.78 Å². The number of pyridine rings is 1. The van der Waals surface area contributed by atoms with E-state index in [2.05, 4.69) is 39.0 Å². The number of hydrogen-bond donors (Lipinski definition) is 0. The predicted molar refractivity (Wildman–Crippen MR) is 107 cm³/mol. The highest BCUT2D eigenvalue weighted by atomic mass is 19.1. The van der Waals surface area contributed by atoms with E-state index in [4.69, 9.17) is 0 Å². The topological polar surface area (TPSA) is 19.4 Å². The lowest BCUT2D eigenvalue weighted by atomic mass is 10.0. The lowest BCUT2D eigenvalue weighted by Crippen LogP contribution is -2.45. The van der Waals surface area contributed by atoms with Gasteiger partial charge in [-0.1, -0.05) is 30.3 Å². The summed E-state index contributed by atoms with van der Waals surface area (Å²) >= 11 is 0. The molecule has 5 heteroatoms. The van der Waals surface area contributed by atoms with Crippen LogP contribution in [-0.4, -0.2) is 41.0 Å². The van der Waals surface area contributed by atoms with Gasteiger partial charge in [-0.05, 0) is 35.4 Å². The van der Waals surface area contributed by atoms with Crippen molar-refractivity contribution in [3.8, 4) is 11.1 Å². The molecular weight excluding hydrogens is 356 g/mol. The zero-order chi connectivity index (χ0) is 19.3. The molecule has 0 N–H and O–H groups in total. The van der Waals surface area contributed by atoms with Gasteiger partial charge in [-0.2, -0.15) is 0 Å². The van der Waals surface area contributed by atoms with Crippen molar-refractivity contribution in [3.63, 3.8) is 0 Å². The maximum atomic E-state index is 14.1. The summed E-state index contributed by atoms with van der Waals surface area (Å²) in [5.74, 6) is -0.883. The second kappa shape index (κ2) is 8.59. The van der Waals surface area contributed by atoms with Gasteiger partial charge < -0.3 is 0 Å². The molecular formula is C23H23F2N3. The molecule has 0 bridgehead atoms. The molecule has 0 saturated carbocycles. The van der Waals surface area contributed by atoms with Crippen LogP contribution < -0.4 is 0 Å². The molecule has 4 rings (SSSR count). The first-order valence-electron chi connectivity index (χ1n) is 9.55. The van der Waals surface area contributed by atoms with Gasteiger partial charge in [0.05, 0.1) is 0 Å². The van der Waals surface area contributed by atoms with Gasteiger partial charge in [-0.15, -0.1) is 0 Å². The van der Waals surface area contributed by atoms with Crippen molar-refractivity contribution in [2.75, 3.05) is 26.2 Å². The van der Waals surface area contributed by atoms with Crippen molar-refractivity contribution in [1.82, 2.24) is 14.8 Å². The SMILES string of the molecule is Fc1ccc(F)c(-c2cncc(CN3CCN(Cc4ccccc4)CC3)c2)c1. The summed E-state index contributed by atoms with van der Waals surface area (Å²) < 4.78 is 27.6. The molecule has 2 aromatic carbocycles. The minimum Gasteiger partial charge on any atom is -0.297 e. The highest BCUT2D eigenvalue weighted by Crippen LogP contribution is 2.24. The summed E-state index contributed by atoms with van der Waals surface area (Å²) in [5, 5.41) is 0. The van der Waals surface area contributed by atoms with E-state index in [1.165, 1.54) is 11.6 Å². The van der Waals surface area contributed by atoms with Crippen LogP contribution >= 0.6 is 0 Å². The maximum Gasteiger partial charge on any atom is 0.131 e. The van der Waals surface area contributed by atoms with Crippen LogP contribution in [0.1, 0.15) is 11.1 Å². The Morgan fingerprint density at radius 3 is 2.14 bits per heavy atom. The maximum absolute atomic E-state index is 14.1. The standard InChI is InChI=1S/C23H23F2N3/c24-21-6-7-23(25)22(13-21)20-12-19(14-26-15-20)17-28-10-8-27(9-11-28)16-18-4-2-1-3-5-18/h1-7,12-15H,8-11,16-17H2. The van der Waals surface area contributed by atoms with Crippen LogP contribution in [0, 0.1) is 11.6 Å². The first-order chi connectivity index (χ1) is 13.7. The molecule has 0 amide bonds. The summed E-state index contributed by atoms with van der Waals surface area (Å²) in [7, 11) is 0. The van der Waals surface area contributed by atoms with Gasteiger partial charge in [-0.3, -0.25) is 14.8 Å².